The molecule has 0 saturated carbocycles. The zero-order valence-corrected chi connectivity index (χ0v) is 16.3. The highest BCUT2D eigenvalue weighted by molar-refractivity contribution is 7.92. The summed E-state index contributed by atoms with van der Waals surface area (Å²) in [6.07, 6.45) is 0. The predicted molar refractivity (Wildman–Crippen MR) is 108 cm³/mol. The molecule has 0 spiro atoms. The smallest absolute Gasteiger partial charge is 0.341 e. The maximum absolute atomic E-state index is 12.8. The first-order chi connectivity index (χ1) is 13.9. The Balaban J connectivity index is 1.93. The number of esters is 1. The van der Waals surface area contributed by atoms with Crippen LogP contribution in [-0.4, -0.2) is 31.7 Å². The first-order valence-corrected chi connectivity index (χ1v) is 10.1. The minimum Gasteiger partial charge on any atom is -0.507 e. The molecule has 0 aliphatic heterocycles. The Morgan fingerprint density at radius 1 is 1.03 bits per heavy atom. The van der Waals surface area contributed by atoms with Crippen molar-refractivity contribution in [3.63, 3.8) is 0 Å². The third-order valence-corrected chi connectivity index (χ3v) is 5.68. The molecule has 0 aromatic heterocycles. The maximum Gasteiger partial charge on any atom is 0.341 e. The molecule has 0 unspecified atom stereocenters. The summed E-state index contributed by atoms with van der Waals surface area (Å²) in [7, 11) is -2.78. The van der Waals surface area contributed by atoms with Gasteiger partial charge in [0.1, 0.15) is 11.3 Å². The normalized spacial score (nSPS) is 11.1. The van der Waals surface area contributed by atoms with Gasteiger partial charge in [-0.25, -0.2) is 13.2 Å². The minimum atomic E-state index is -3.96. The van der Waals surface area contributed by atoms with Crippen molar-refractivity contribution in [1.29, 1.82) is 0 Å². The van der Waals surface area contributed by atoms with Crippen molar-refractivity contribution in [3.05, 3.63) is 77.9 Å². The fourth-order valence-corrected chi connectivity index (χ4v) is 3.96. The number of aromatic hydroxyl groups is 1. The average molecular weight is 413 g/mol. The van der Waals surface area contributed by atoms with Crippen molar-refractivity contribution in [2.75, 3.05) is 11.8 Å². The van der Waals surface area contributed by atoms with E-state index in [1.54, 1.807) is 36.4 Å². The molecule has 0 atom stereocenters. The molecular weight excluding hydrogens is 394 g/mol. The Labute approximate surface area is 168 Å². The number of benzene rings is 3. The number of carbonyl (C=O) groups excluding carboxylic acids is 1. The zero-order chi connectivity index (χ0) is 21.0. The average Bonchev–Trinajstić information content (AvgIpc) is 2.73. The minimum absolute atomic E-state index is 0.0132. The second kappa shape index (κ2) is 8.34. The number of rotatable bonds is 6. The monoisotopic (exact) mass is 413 g/mol. The lowest BCUT2D eigenvalue weighted by Crippen LogP contribution is -2.13. The molecular formula is C21H19NO6S. The summed E-state index contributed by atoms with van der Waals surface area (Å²) in [6, 6.07) is 17.2. The van der Waals surface area contributed by atoms with Crippen LogP contribution in [0.25, 0.3) is 11.1 Å². The van der Waals surface area contributed by atoms with Crippen LogP contribution in [0.1, 0.15) is 15.9 Å². The molecule has 150 valence electrons. The molecule has 0 saturated heterocycles. The van der Waals surface area contributed by atoms with Gasteiger partial charge in [0.2, 0.25) is 0 Å². The number of hydrogen-bond donors (Lipinski definition) is 3. The number of ether oxygens (including phenoxy) is 1. The number of sulfonamides is 1. The van der Waals surface area contributed by atoms with Crippen molar-refractivity contribution in [2.45, 2.75) is 11.5 Å². The van der Waals surface area contributed by atoms with E-state index in [1.165, 1.54) is 31.4 Å². The zero-order valence-electron chi connectivity index (χ0n) is 15.5. The number of aliphatic hydroxyl groups excluding tert-OH is 1. The van der Waals surface area contributed by atoms with Gasteiger partial charge in [-0.05, 0) is 41.0 Å². The third kappa shape index (κ3) is 4.39. The number of phenols is 1. The Hall–Kier alpha value is -3.36. The maximum atomic E-state index is 12.8. The molecule has 0 amide bonds. The van der Waals surface area contributed by atoms with E-state index in [0.29, 0.717) is 11.1 Å². The van der Waals surface area contributed by atoms with Gasteiger partial charge < -0.3 is 14.9 Å². The van der Waals surface area contributed by atoms with E-state index in [2.05, 4.69) is 9.46 Å². The molecule has 7 nitrogen and oxygen atoms in total. The topological polar surface area (TPSA) is 113 Å². The van der Waals surface area contributed by atoms with E-state index in [-0.39, 0.29) is 22.8 Å². The van der Waals surface area contributed by atoms with Crippen LogP contribution in [0, 0.1) is 0 Å². The van der Waals surface area contributed by atoms with Gasteiger partial charge in [0.15, 0.2) is 0 Å². The Kier molecular flexibility index (Phi) is 5.86. The molecule has 3 rings (SSSR count). The largest absolute Gasteiger partial charge is 0.507 e. The highest BCUT2D eigenvalue weighted by Crippen LogP contribution is 2.28. The summed E-state index contributed by atoms with van der Waals surface area (Å²) in [5.74, 6) is -1.13. The molecule has 0 heterocycles. The van der Waals surface area contributed by atoms with Gasteiger partial charge >= 0.3 is 5.97 Å². The van der Waals surface area contributed by atoms with Crippen LogP contribution in [0.4, 0.5) is 5.69 Å². The summed E-state index contributed by atoms with van der Waals surface area (Å²) in [5.41, 5.74) is 2.07. The second-order valence-electron chi connectivity index (χ2n) is 6.17. The molecule has 0 fully saturated rings. The summed E-state index contributed by atoms with van der Waals surface area (Å²) < 4.78 is 32.5. The predicted octanol–water partition coefficient (Wildman–Crippen LogP) is 3.14. The van der Waals surface area contributed by atoms with Crippen LogP contribution in [0.2, 0.25) is 0 Å². The molecule has 3 aromatic rings. The Morgan fingerprint density at radius 3 is 2.48 bits per heavy atom. The van der Waals surface area contributed by atoms with Gasteiger partial charge in [0, 0.05) is 6.07 Å². The van der Waals surface area contributed by atoms with Gasteiger partial charge in [0.05, 0.1) is 24.3 Å². The third-order valence-electron chi connectivity index (χ3n) is 4.30. The number of carbonyl (C=O) groups is 1. The Bertz CT molecular complexity index is 1160. The van der Waals surface area contributed by atoms with Gasteiger partial charge in [0.25, 0.3) is 10.0 Å². The first kappa shape index (κ1) is 20.4. The van der Waals surface area contributed by atoms with Crippen molar-refractivity contribution in [3.8, 4) is 16.9 Å². The van der Waals surface area contributed by atoms with E-state index < -0.39 is 21.7 Å². The van der Waals surface area contributed by atoms with Crippen LogP contribution >= 0.6 is 0 Å². The molecule has 0 bridgehead atoms. The standard InChI is InChI=1S/C21H19NO6S/c1-28-21(25)19-10-9-16(12-20(19)24)22-29(26,27)17-7-4-6-14(11-17)18-8-3-2-5-15(18)13-23/h2-12,22-24H,13H2,1H3. The van der Waals surface area contributed by atoms with Gasteiger partial charge in [-0.2, -0.15) is 0 Å². The Morgan fingerprint density at radius 2 is 1.79 bits per heavy atom. The van der Waals surface area contributed by atoms with Gasteiger partial charge in [-0.3, -0.25) is 4.72 Å². The fraction of sp³-hybridized carbons (Fsp3) is 0.0952. The molecule has 29 heavy (non-hydrogen) atoms. The molecule has 0 aliphatic carbocycles. The van der Waals surface area contributed by atoms with Crippen LogP contribution in [-0.2, 0) is 21.4 Å². The highest BCUT2D eigenvalue weighted by Gasteiger charge is 2.18. The van der Waals surface area contributed by atoms with Crippen molar-refractivity contribution in [2.24, 2.45) is 0 Å². The molecule has 0 aliphatic rings. The highest BCUT2D eigenvalue weighted by atomic mass is 32.2. The van der Waals surface area contributed by atoms with Crippen LogP contribution in [0.5, 0.6) is 5.75 Å². The number of hydrogen-bond acceptors (Lipinski definition) is 6. The summed E-state index contributed by atoms with van der Waals surface area (Å²) in [4.78, 5) is 11.6. The lowest BCUT2D eigenvalue weighted by atomic mass is 10.0. The summed E-state index contributed by atoms with van der Waals surface area (Å²) in [5, 5.41) is 19.5. The van der Waals surface area contributed by atoms with E-state index in [9.17, 15) is 23.4 Å². The van der Waals surface area contributed by atoms with Gasteiger partial charge in [-0.1, -0.05) is 36.4 Å². The molecule has 8 heteroatoms. The number of aliphatic hydroxyl groups is 1. The fourth-order valence-electron chi connectivity index (χ4n) is 2.86. The van der Waals surface area contributed by atoms with Crippen molar-refractivity contribution >= 4 is 21.7 Å². The van der Waals surface area contributed by atoms with E-state index in [4.69, 9.17) is 0 Å². The van der Waals surface area contributed by atoms with Crippen LogP contribution < -0.4 is 4.72 Å². The summed E-state index contributed by atoms with van der Waals surface area (Å²) in [6.45, 7) is -0.169. The van der Waals surface area contributed by atoms with E-state index in [1.807, 2.05) is 0 Å². The van der Waals surface area contributed by atoms with E-state index >= 15 is 0 Å². The van der Waals surface area contributed by atoms with Crippen LogP contribution in [0.3, 0.4) is 0 Å². The quantitative estimate of drug-likeness (QED) is 0.535. The SMILES string of the molecule is COC(=O)c1ccc(NS(=O)(=O)c2cccc(-c3ccccc3CO)c2)cc1O. The lowest BCUT2D eigenvalue weighted by molar-refractivity contribution is 0.0597. The molecule has 3 N–H and O–H groups in total. The van der Waals surface area contributed by atoms with Crippen molar-refractivity contribution in [1.82, 2.24) is 0 Å². The number of anilines is 1. The number of nitrogens with one attached hydrogen (secondary N) is 1. The number of methoxy groups -OCH3 is 1. The van der Waals surface area contributed by atoms with Crippen LogP contribution in [0.15, 0.2) is 71.6 Å². The summed E-state index contributed by atoms with van der Waals surface area (Å²) >= 11 is 0. The van der Waals surface area contributed by atoms with E-state index in [0.717, 1.165) is 11.6 Å². The number of phenolic OH excluding ortho intramolecular Hbond substituents is 1. The second-order valence-corrected chi connectivity index (χ2v) is 7.85. The first-order valence-electron chi connectivity index (χ1n) is 8.59. The van der Waals surface area contributed by atoms with Gasteiger partial charge in [-0.15, -0.1) is 0 Å². The van der Waals surface area contributed by atoms with Crippen molar-refractivity contribution < 1.29 is 28.2 Å². The molecule has 0 radical (unpaired) electrons. The lowest BCUT2D eigenvalue weighted by Gasteiger charge is -2.12. The molecule has 3 aromatic carbocycles.